The number of benzene rings is 3. The second-order valence-electron chi connectivity index (χ2n) is 20.0. The van der Waals surface area contributed by atoms with Gasteiger partial charge in [-0.1, -0.05) is 74.5 Å². The third-order valence-electron chi connectivity index (χ3n) is 13.1. The molecule has 0 bridgehead atoms. The largest absolute Gasteiger partial charge is 0.508 e. The van der Waals surface area contributed by atoms with E-state index in [1.54, 1.807) is 18.2 Å². The highest BCUT2D eigenvalue weighted by Crippen LogP contribution is 2.21. The van der Waals surface area contributed by atoms with E-state index in [1.807, 2.05) is 50.2 Å². The summed E-state index contributed by atoms with van der Waals surface area (Å²) in [6.07, 6.45) is 3.64. The van der Waals surface area contributed by atoms with Gasteiger partial charge >= 0.3 is 0 Å². The van der Waals surface area contributed by atoms with Crippen LogP contribution in [0, 0.1) is 5.92 Å². The number of carbonyl (C=O) groups excluding carboxylic acids is 9. The third kappa shape index (κ3) is 19.1. The first-order valence-corrected chi connectivity index (χ1v) is 26.1. The lowest BCUT2D eigenvalue weighted by Gasteiger charge is -2.31. The summed E-state index contributed by atoms with van der Waals surface area (Å²) in [6, 6.07) is 11.9. The third-order valence-corrected chi connectivity index (χ3v) is 13.1. The lowest BCUT2D eigenvalue weighted by molar-refractivity contribution is -0.142. The van der Waals surface area contributed by atoms with Gasteiger partial charge in [0.05, 0.1) is 6.61 Å². The van der Waals surface area contributed by atoms with Gasteiger partial charge in [-0.15, -0.1) is 0 Å². The minimum absolute atomic E-state index is 0.0160. The van der Waals surface area contributed by atoms with Gasteiger partial charge in [0.15, 0.2) is 5.96 Å². The van der Waals surface area contributed by atoms with Gasteiger partial charge in [0.25, 0.3) is 0 Å². The maximum absolute atomic E-state index is 14.6. The van der Waals surface area contributed by atoms with Crippen molar-refractivity contribution in [3.8, 4) is 5.75 Å². The minimum atomic E-state index is -1.64. The molecule has 0 radical (unpaired) electrons. The predicted molar refractivity (Wildman–Crippen MR) is 293 cm³/mol. The van der Waals surface area contributed by atoms with Crippen molar-refractivity contribution in [2.75, 3.05) is 19.7 Å². The van der Waals surface area contributed by atoms with Crippen LogP contribution >= 0.6 is 0 Å². The molecule has 0 aliphatic carbocycles. The van der Waals surface area contributed by atoms with Gasteiger partial charge in [0.2, 0.25) is 53.2 Å². The number of aliphatic hydroxyl groups excluding tert-OH is 1. The van der Waals surface area contributed by atoms with Crippen molar-refractivity contribution in [1.82, 2.24) is 47.1 Å². The summed E-state index contributed by atoms with van der Waals surface area (Å²) in [5, 5.41) is 40.9. The summed E-state index contributed by atoms with van der Waals surface area (Å²) in [7, 11) is 0. The van der Waals surface area contributed by atoms with Crippen LogP contribution in [0.5, 0.6) is 5.75 Å². The molecular formula is C55H73N13O11. The van der Waals surface area contributed by atoms with Gasteiger partial charge in [-0.3, -0.25) is 53.1 Å². The molecule has 9 amide bonds. The number of nitrogens with two attached hydrogens (primary N) is 3. The van der Waals surface area contributed by atoms with Gasteiger partial charge in [-0.2, -0.15) is 0 Å². The predicted octanol–water partition coefficient (Wildman–Crippen LogP) is -1.03. The van der Waals surface area contributed by atoms with Gasteiger partial charge in [0.1, 0.15) is 54.1 Å². The Kier molecular flexibility index (Phi) is 23.0. The summed E-state index contributed by atoms with van der Waals surface area (Å²) in [4.78, 5) is 133. The zero-order chi connectivity index (χ0) is 57.8. The molecule has 0 saturated carbocycles. The van der Waals surface area contributed by atoms with Crippen molar-refractivity contribution in [2.24, 2.45) is 28.1 Å². The van der Waals surface area contributed by atoms with Crippen LogP contribution in [0.4, 0.5) is 0 Å². The molecule has 1 aromatic heterocycles. The second kappa shape index (κ2) is 29.7. The van der Waals surface area contributed by atoms with E-state index in [0.717, 1.165) is 10.8 Å². The van der Waals surface area contributed by atoms with Crippen LogP contribution in [0.3, 0.4) is 0 Å². The van der Waals surface area contributed by atoms with E-state index in [9.17, 15) is 53.4 Å². The van der Waals surface area contributed by atoms with Crippen LogP contribution in [0.2, 0.25) is 0 Å². The number of aliphatic imine (C=N–C) groups is 1. The summed E-state index contributed by atoms with van der Waals surface area (Å²) in [6.45, 7) is 5.60. The Hall–Kier alpha value is -8.67. The minimum Gasteiger partial charge on any atom is -0.508 e. The maximum atomic E-state index is 14.6. The number of fused-ring (bicyclic) bond motifs is 1. The molecule has 424 valence electrons. The van der Waals surface area contributed by atoms with Gasteiger partial charge in [-0.25, -0.2) is 0 Å². The van der Waals surface area contributed by atoms with Gasteiger partial charge in [-0.05, 0) is 90.6 Å². The fourth-order valence-electron chi connectivity index (χ4n) is 9.00. The highest BCUT2D eigenvalue weighted by molar-refractivity contribution is 5.98. The Balaban J connectivity index is 1.39. The molecule has 1 aliphatic rings. The molecule has 24 nitrogen and oxygen atoms in total. The Morgan fingerprint density at radius 2 is 1.22 bits per heavy atom. The molecule has 3 aromatic carbocycles. The van der Waals surface area contributed by atoms with Gasteiger partial charge in [0, 0.05) is 51.7 Å². The van der Waals surface area contributed by atoms with E-state index >= 15 is 0 Å². The number of pyridine rings is 1. The smallest absolute Gasteiger partial charge is 0.245 e. The molecular weight excluding hydrogens is 1020 g/mol. The number of carbonyl (C=O) groups is 9. The molecule has 0 unspecified atom stereocenters. The first kappa shape index (κ1) is 61.2. The standard InChI is InChI=1S/C55H73N13O11/c1-31(2)24-41(48(73)63-40(13-8-22-60-55(57)58)54(79)68-23-9-14-46(68)53(78)61-32(3)47(56)72)64-51(76)44(28-36-10-7-21-59-29-36)65-50(75)43(26-34-16-19-39(71)20-17-34)66-52(77)45(30-69)67-49(74)42(62-33(4)70)27-35-15-18-37-11-5-6-12-38(37)25-35/h5-7,10-12,15-21,25,29,31-32,40-46,69,71H,8-9,13-14,22-24,26-28,30H2,1-4H3,(H2,56,72)(H,61,78)(H,62,70)(H,63,73)(H,64,76)(H,65,75)(H,66,77)(H,67,74)(H4,57,58,60)/t32-,40+,41+,42-,43+,44-,45+,46+/m1/s1. The number of nitrogens with one attached hydrogen (secondary N) is 7. The number of rotatable bonds is 28. The van der Waals surface area contributed by atoms with Crippen molar-refractivity contribution in [3.05, 3.63) is 108 Å². The number of phenols is 1. The van der Waals surface area contributed by atoms with Gasteiger partial charge < -0.3 is 69.5 Å². The van der Waals surface area contributed by atoms with E-state index < -0.39 is 108 Å². The fourth-order valence-corrected chi connectivity index (χ4v) is 9.00. The number of guanidine groups is 1. The molecule has 8 atom stereocenters. The van der Waals surface area contributed by atoms with Crippen LogP contribution in [0.25, 0.3) is 10.8 Å². The quantitative estimate of drug-likeness (QED) is 0.0184. The van der Waals surface area contributed by atoms with E-state index in [-0.39, 0.29) is 75.7 Å². The number of aromatic nitrogens is 1. The normalized spacial score (nSPS) is 15.7. The fraction of sp³-hybridized carbons (Fsp3) is 0.436. The van der Waals surface area contributed by atoms with Crippen molar-refractivity contribution in [3.63, 3.8) is 0 Å². The zero-order valence-electron chi connectivity index (χ0n) is 44.8. The maximum Gasteiger partial charge on any atom is 0.245 e. The summed E-state index contributed by atoms with van der Waals surface area (Å²) in [5.41, 5.74) is 18.1. The van der Waals surface area contributed by atoms with Crippen LogP contribution < -0.4 is 54.4 Å². The summed E-state index contributed by atoms with van der Waals surface area (Å²) in [5.74, 6) is -7.26. The van der Waals surface area contributed by atoms with Crippen molar-refractivity contribution < 1.29 is 53.4 Å². The number of nitrogens with zero attached hydrogens (tertiary/aromatic N) is 3. The number of primary amides is 1. The average Bonchev–Trinajstić information content (AvgIpc) is 3.94. The Labute approximate surface area is 457 Å². The molecule has 5 rings (SSSR count). The Bertz CT molecular complexity index is 2810. The van der Waals surface area contributed by atoms with Crippen LogP contribution in [0.15, 0.2) is 96.2 Å². The molecule has 4 aromatic rings. The summed E-state index contributed by atoms with van der Waals surface area (Å²) >= 11 is 0. The first-order valence-electron chi connectivity index (χ1n) is 26.1. The molecule has 1 saturated heterocycles. The van der Waals surface area contributed by atoms with Crippen LogP contribution in [0.1, 0.15) is 76.5 Å². The topological polar surface area (TPSA) is 385 Å². The molecule has 0 spiro atoms. The highest BCUT2D eigenvalue weighted by Gasteiger charge is 2.40. The number of phenolic OH excluding ortho intramolecular Hbond substituents is 1. The van der Waals surface area contributed by atoms with E-state index in [4.69, 9.17) is 17.2 Å². The molecule has 24 heteroatoms. The number of likely N-dealkylation sites (tertiary alicyclic amines) is 1. The molecule has 2 heterocycles. The molecule has 1 fully saturated rings. The van der Waals surface area contributed by atoms with Crippen LogP contribution in [-0.4, -0.2) is 147 Å². The average molecular weight is 1090 g/mol. The van der Waals surface area contributed by atoms with E-state index in [0.29, 0.717) is 23.1 Å². The van der Waals surface area contributed by atoms with Crippen LogP contribution in [-0.2, 0) is 62.4 Å². The van der Waals surface area contributed by atoms with E-state index in [2.05, 4.69) is 47.2 Å². The van der Waals surface area contributed by atoms with Crippen molar-refractivity contribution in [1.29, 1.82) is 0 Å². The van der Waals surface area contributed by atoms with E-state index in [1.165, 1.54) is 55.4 Å². The molecule has 79 heavy (non-hydrogen) atoms. The lowest BCUT2D eigenvalue weighted by atomic mass is 9.99. The molecule has 1 aliphatic heterocycles. The Morgan fingerprint density at radius 1 is 0.658 bits per heavy atom. The highest BCUT2D eigenvalue weighted by atomic mass is 16.3. The number of aromatic hydroxyl groups is 1. The SMILES string of the molecule is CC(=O)N[C@H](Cc1ccc2ccccc2c1)C(=O)N[C@@H](CO)C(=O)N[C@@H](Cc1ccc(O)cc1)C(=O)N[C@H](Cc1cccnc1)C(=O)N[C@@H](CC(C)C)C(=O)N[C@@H](CCCN=C(N)N)C(=O)N1CCC[C@H]1C(=O)N[C@H](C)C(N)=O. The number of hydrogen-bond donors (Lipinski definition) is 12. The second-order valence-corrected chi connectivity index (χ2v) is 20.0. The zero-order valence-corrected chi connectivity index (χ0v) is 44.8. The number of aliphatic hydroxyl groups is 1. The molecule has 15 N–H and O–H groups in total. The number of hydrogen-bond acceptors (Lipinski definition) is 13. The van der Waals surface area contributed by atoms with Crippen molar-refractivity contribution in [2.45, 2.75) is 127 Å². The first-order chi connectivity index (χ1) is 37.6. The number of amides is 9. The Morgan fingerprint density at radius 3 is 1.81 bits per heavy atom. The van der Waals surface area contributed by atoms with Crippen molar-refractivity contribution >= 4 is 69.9 Å². The monoisotopic (exact) mass is 1090 g/mol. The summed E-state index contributed by atoms with van der Waals surface area (Å²) < 4.78 is 0. The lowest BCUT2D eigenvalue weighted by Crippen LogP contribution is -2.61.